The number of halogens is 1. The highest BCUT2D eigenvalue weighted by atomic mass is 35.5. The Balaban J connectivity index is 2.79. The first kappa shape index (κ1) is 11.4. The SMILES string of the molecule is COC(=O)CC#Cc1cc(Cl)ccc1N. The molecule has 3 nitrogen and oxygen atoms in total. The molecule has 0 unspecified atom stereocenters. The lowest BCUT2D eigenvalue weighted by Gasteiger charge is -1.97. The second-order valence-corrected chi connectivity index (χ2v) is 3.22. The average Bonchev–Trinajstić information content (AvgIpc) is 2.23. The van der Waals surface area contributed by atoms with Crippen LogP contribution in [-0.2, 0) is 9.53 Å². The molecular formula is C11H10ClNO2. The molecule has 4 heteroatoms. The van der Waals surface area contributed by atoms with E-state index in [4.69, 9.17) is 17.3 Å². The number of nitrogen functional groups attached to an aromatic ring is 1. The molecule has 0 aromatic heterocycles. The largest absolute Gasteiger partial charge is 0.468 e. The van der Waals surface area contributed by atoms with Crippen molar-refractivity contribution in [3.8, 4) is 11.8 Å². The van der Waals surface area contributed by atoms with E-state index in [1.807, 2.05) is 0 Å². The van der Waals surface area contributed by atoms with Gasteiger partial charge < -0.3 is 10.5 Å². The molecule has 0 amide bonds. The summed E-state index contributed by atoms with van der Waals surface area (Å²) in [6.07, 6.45) is 0.0441. The molecule has 0 radical (unpaired) electrons. The van der Waals surface area contributed by atoms with Gasteiger partial charge in [0.2, 0.25) is 0 Å². The van der Waals surface area contributed by atoms with Gasteiger partial charge in [0.05, 0.1) is 7.11 Å². The average molecular weight is 224 g/mol. The molecule has 0 saturated heterocycles. The van der Waals surface area contributed by atoms with Crippen molar-refractivity contribution in [2.45, 2.75) is 6.42 Å². The van der Waals surface area contributed by atoms with Crippen LogP contribution in [0.25, 0.3) is 0 Å². The topological polar surface area (TPSA) is 52.3 Å². The Morgan fingerprint density at radius 2 is 2.33 bits per heavy atom. The summed E-state index contributed by atoms with van der Waals surface area (Å²) in [5, 5.41) is 0.562. The molecule has 0 aliphatic carbocycles. The molecule has 15 heavy (non-hydrogen) atoms. The Labute approximate surface area is 93.2 Å². The van der Waals surface area contributed by atoms with Gasteiger partial charge in [0.25, 0.3) is 0 Å². The Hall–Kier alpha value is -1.66. The van der Waals surface area contributed by atoms with Crippen LogP contribution in [0.3, 0.4) is 0 Å². The zero-order chi connectivity index (χ0) is 11.3. The first-order valence-electron chi connectivity index (χ1n) is 4.24. The van der Waals surface area contributed by atoms with E-state index in [-0.39, 0.29) is 12.4 Å². The first-order valence-corrected chi connectivity index (χ1v) is 4.62. The molecule has 1 rings (SSSR count). The van der Waals surface area contributed by atoms with Gasteiger partial charge in [0, 0.05) is 16.3 Å². The van der Waals surface area contributed by atoms with Crippen molar-refractivity contribution in [1.29, 1.82) is 0 Å². The Morgan fingerprint density at radius 3 is 3.00 bits per heavy atom. The quantitative estimate of drug-likeness (QED) is 0.449. The molecule has 0 aliphatic rings. The number of ether oxygens (including phenoxy) is 1. The van der Waals surface area contributed by atoms with Crippen LogP contribution in [0.4, 0.5) is 5.69 Å². The van der Waals surface area contributed by atoms with Gasteiger partial charge in [-0.05, 0) is 18.2 Å². The maximum Gasteiger partial charge on any atom is 0.317 e. The molecular weight excluding hydrogens is 214 g/mol. The lowest BCUT2D eigenvalue weighted by molar-refractivity contribution is -0.139. The zero-order valence-corrected chi connectivity index (χ0v) is 8.97. The predicted molar refractivity (Wildman–Crippen MR) is 59.4 cm³/mol. The maximum atomic E-state index is 10.8. The third-order valence-electron chi connectivity index (χ3n) is 1.70. The monoisotopic (exact) mass is 223 g/mol. The number of nitrogens with two attached hydrogens (primary N) is 1. The minimum Gasteiger partial charge on any atom is -0.468 e. The van der Waals surface area contributed by atoms with Gasteiger partial charge >= 0.3 is 5.97 Å². The fourth-order valence-corrected chi connectivity index (χ4v) is 1.09. The van der Waals surface area contributed by atoms with E-state index >= 15 is 0 Å². The predicted octanol–water partition coefficient (Wildman–Crippen LogP) is 1.84. The molecule has 0 saturated carbocycles. The summed E-state index contributed by atoms with van der Waals surface area (Å²) in [6.45, 7) is 0. The van der Waals surface area contributed by atoms with Crippen LogP contribution in [0.5, 0.6) is 0 Å². The number of carbonyl (C=O) groups is 1. The van der Waals surface area contributed by atoms with Gasteiger partial charge in [-0.1, -0.05) is 23.4 Å². The Kier molecular flexibility index (Phi) is 4.02. The van der Waals surface area contributed by atoms with Crippen molar-refractivity contribution in [2.75, 3.05) is 12.8 Å². The third-order valence-corrected chi connectivity index (χ3v) is 1.93. The van der Waals surface area contributed by atoms with Crippen LogP contribution in [0.15, 0.2) is 18.2 Å². The summed E-state index contributed by atoms with van der Waals surface area (Å²) in [5.41, 5.74) is 6.82. The number of anilines is 1. The van der Waals surface area contributed by atoms with Gasteiger partial charge in [-0.25, -0.2) is 0 Å². The van der Waals surface area contributed by atoms with Crippen molar-refractivity contribution < 1.29 is 9.53 Å². The smallest absolute Gasteiger partial charge is 0.317 e. The van der Waals surface area contributed by atoms with Gasteiger partial charge in [0.15, 0.2) is 0 Å². The van der Waals surface area contributed by atoms with Crippen molar-refractivity contribution >= 4 is 23.3 Å². The fourth-order valence-electron chi connectivity index (χ4n) is 0.921. The second-order valence-electron chi connectivity index (χ2n) is 2.79. The molecule has 0 spiro atoms. The number of rotatable bonds is 1. The van der Waals surface area contributed by atoms with Crippen LogP contribution < -0.4 is 5.73 Å². The van der Waals surface area contributed by atoms with Crippen molar-refractivity contribution in [1.82, 2.24) is 0 Å². The van der Waals surface area contributed by atoms with E-state index in [0.717, 1.165) is 0 Å². The molecule has 0 bridgehead atoms. The fraction of sp³-hybridized carbons (Fsp3) is 0.182. The lowest BCUT2D eigenvalue weighted by Crippen LogP contribution is -1.97. The highest BCUT2D eigenvalue weighted by Crippen LogP contribution is 2.16. The van der Waals surface area contributed by atoms with Crippen LogP contribution in [0.2, 0.25) is 5.02 Å². The number of carbonyl (C=O) groups excluding carboxylic acids is 1. The number of methoxy groups -OCH3 is 1. The summed E-state index contributed by atoms with van der Waals surface area (Å²) in [5.74, 6) is 5.04. The summed E-state index contributed by atoms with van der Waals surface area (Å²) in [6, 6.07) is 5.01. The van der Waals surface area contributed by atoms with E-state index in [1.54, 1.807) is 18.2 Å². The van der Waals surface area contributed by atoms with Gasteiger partial charge in [-0.15, -0.1) is 0 Å². The normalized spacial score (nSPS) is 8.93. The molecule has 78 valence electrons. The second kappa shape index (κ2) is 5.28. The van der Waals surface area contributed by atoms with Crippen LogP contribution >= 0.6 is 11.6 Å². The molecule has 0 heterocycles. The van der Waals surface area contributed by atoms with E-state index in [2.05, 4.69) is 16.6 Å². The minimum atomic E-state index is -0.372. The van der Waals surface area contributed by atoms with Crippen LogP contribution in [0.1, 0.15) is 12.0 Å². The van der Waals surface area contributed by atoms with Crippen molar-refractivity contribution in [2.24, 2.45) is 0 Å². The van der Waals surface area contributed by atoms with Gasteiger partial charge in [-0.2, -0.15) is 0 Å². The highest BCUT2D eigenvalue weighted by Gasteiger charge is 1.97. The van der Waals surface area contributed by atoms with Gasteiger partial charge in [0.1, 0.15) is 6.42 Å². The Bertz CT molecular complexity index is 432. The standard InChI is InChI=1S/C11H10ClNO2/c1-15-11(14)4-2-3-8-7-9(12)5-6-10(8)13/h5-7H,4,13H2,1H3. The van der Waals surface area contributed by atoms with E-state index in [1.165, 1.54) is 7.11 Å². The van der Waals surface area contributed by atoms with Crippen LogP contribution in [-0.4, -0.2) is 13.1 Å². The molecule has 1 aromatic carbocycles. The zero-order valence-electron chi connectivity index (χ0n) is 8.21. The molecule has 0 aliphatic heterocycles. The van der Waals surface area contributed by atoms with E-state index in [9.17, 15) is 4.79 Å². The first-order chi connectivity index (χ1) is 7.13. The molecule has 1 aromatic rings. The summed E-state index contributed by atoms with van der Waals surface area (Å²) in [4.78, 5) is 10.8. The number of benzene rings is 1. The summed E-state index contributed by atoms with van der Waals surface area (Å²) >= 11 is 5.77. The van der Waals surface area contributed by atoms with Crippen molar-refractivity contribution in [3.63, 3.8) is 0 Å². The highest BCUT2D eigenvalue weighted by molar-refractivity contribution is 6.30. The molecule has 0 atom stereocenters. The van der Waals surface area contributed by atoms with Crippen molar-refractivity contribution in [3.05, 3.63) is 28.8 Å². The number of hydrogen-bond acceptors (Lipinski definition) is 3. The molecule has 0 fully saturated rings. The van der Waals surface area contributed by atoms with Gasteiger partial charge in [-0.3, -0.25) is 4.79 Å². The third kappa shape index (κ3) is 3.53. The van der Waals surface area contributed by atoms with E-state index < -0.39 is 0 Å². The van der Waals surface area contributed by atoms with E-state index in [0.29, 0.717) is 16.3 Å². The minimum absolute atomic E-state index is 0.0441. The summed E-state index contributed by atoms with van der Waals surface area (Å²) in [7, 11) is 1.32. The number of esters is 1. The van der Waals surface area contributed by atoms with Crippen LogP contribution in [0, 0.1) is 11.8 Å². The lowest BCUT2D eigenvalue weighted by atomic mass is 10.2. The Morgan fingerprint density at radius 1 is 1.60 bits per heavy atom. The molecule has 2 N–H and O–H groups in total. The summed E-state index contributed by atoms with van der Waals surface area (Å²) < 4.78 is 4.44. The maximum absolute atomic E-state index is 10.8. The number of hydrogen-bond donors (Lipinski definition) is 1.